The third-order valence-corrected chi connectivity index (χ3v) is 3.81. The predicted octanol–water partition coefficient (Wildman–Crippen LogP) is 3.08. The van der Waals surface area contributed by atoms with E-state index in [-0.39, 0.29) is 0 Å². The second-order valence-corrected chi connectivity index (χ2v) is 4.53. The van der Waals surface area contributed by atoms with Crippen molar-refractivity contribution in [2.24, 2.45) is 23.7 Å². The van der Waals surface area contributed by atoms with E-state index in [2.05, 4.69) is 13.8 Å². The highest BCUT2D eigenvalue weighted by Crippen LogP contribution is 2.48. The minimum atomic E-state index is 1.04. The fraction of sp³-hybridized carbons (Fsp3) is 1.00. The van der Waals surface area contributed by atoms with Gasteiger partial charge in [-0.25, -0.2) is 0 Å². The molecule has 0 aromatic heterocycles. The average Bonchev–Trinajstić information content (AvgIpc) is 2.20. The van der Waals surface area contributed by atoms with Gasteiger partial charge >= 0.3 is 0 Å². The van der Waals surface area contributed by atoms with Crippen LogP contribution in [0.3, 0.4) is 0 Å². The lowest BCUT2D eigenvalue weighted by atomic mass is 9.75. The quantitative estimate of drug-likeness (QED) is 0.482. The second-order valence-electron chi connectivity index (χ2n) is 4.53. The molecule has 2 rings (SSSR count). The molecule has 0 saturated heterocycles. The normalized spacial score (nSPS) is 53.4. The molecule has 2 fully saturated rings. The Kier molecular flexibility index (Phi) is 1.51. The summed E-state index contributed by atoms with van der Waals surface area (Å²) in [5.41, 5.74) is 0. The highest BCUT2D eigenvalue weighted by atomic mass is 14.4. The van der Waals surface area contributed by atoms with Crippen LogP contribution < -0.4 is 0 Å². The van der Waals surface area contributed by atoms with Gasteiger partial charge in [0.15, 0.2) is 0 Å². The summed E-state index contributed by atoms with van der Waals surface area (Å²) in [4.78, 5) is 0. The van der Waals surface area contributed by atoms with Crippen molar-refractivity contribution in [1.82, 2.24) is 0 Å². The monoisotopic (exact) mass is 138 g/mol. The highest BCUT2D eigenvalue weighted by Gasteiger charge is 2.38. The van der Waals surface area contributed by atoms with E-state index in [9.17, 15) is 0 Å². The highest BCUT2D eigenvalue weighted by molar-refractivity contribution is 4.88. The Hall–Kier alpha value is 0. The van der Waals surface area contributed by atoms with Crippen molar-refractivity contribution in [2.75, 3.05) is 0 Å². The second kappa shape index (κ2) is 2.25. The molecule has 0 aliphatic heterocycles. The Morgan fingerprint density at radius 3 is 1.90 bits per heavy atom. The molecule has 2 aliphatic rings. The maximum absolute atomic E-state index is 2.47. The zero-order valence-electron chi connectivity index (χ0n) is 7.14. The first-order chi connectivity index (χ1) is 4.77. The van der Waals surface area contributed by atoms with Crippen LogP contribution in [-0.4, -0.2) is 0 Å². The van der Waals surface area contributed by atoms with Crippen molar-refractivity contribution in [1.29, 1.82) is 0 Å². The van der Waals surface area contributed by atoms with Gasteiger partial charge in [-0.3, -0.25) is 0 Å². The van der Waals surface area contributed by atoms with Crippen molar-refractivity contribution in [3.05, 3.63) is 0 Å². The van der Waals surface area contributed by atoms with Gasteiger partial charge in [0, 0.05) is 0 Å². The predicted molar refractivity (Wildman–Crippen MR) is 43.8 cm³/mol. The van der Waals surface area contributed by atoms with Gasteiger partial charge in [0.05, 0.1) is 0 Å². The van der Waals surface area contributed by atoms with Gasteiger partial charge in [0.25, 0.3) is 0 Å². The molecule has 0 spiro atoms. The van der Waals surface area contributed by atoms with Crippen LogP contribution in [-0.2, 0) is 0 Å². The topological polar surface area (TPSA) is 0 Å². The van der Waals surface area contributed by atoms with Gasteiger partial charge < -0.3 is 0 Å². The smallest absolute Gasteiger partial charge is 0.0383 e. The molecule has 0 amide bonds. The molecule has 0 heterocycles. The van der Waals surface area contributed by atoms with Crippen molar-refractivity contribution in [3.63, 3.8) is 0 Å². The Morgan fingerprint density at radius 2 is 1.40 bits per heavy atom. The molecule has 0 aromatic rings. The molecule has 2 unspecified atom stereocenters. The van der Waals surface area contributed by atoms with E-state index >= 15 is 0 Å². The van der Waals surface area contributed by atoms with Crippen molar-refractivity contribution >= 4 is 0 Å². The summed E-state index contributed by atoms with van der Waals surface area (Å²) in [6, 6.07) is 0. The van der Waals surface area contributed by atoms with Crippen LogP contribution in [0.2, 0.25) is 0 Å². The van der Waals surface area contributed by atoms with Gasteiger partial charge in [0.1, 0.15) is 0 Å². The summed E-state index contributed by atoms with van der Waals surface area (Å²) in [6.07, 6.45) is 6.13. The summed E-state index contributed by atoms with van der Waals surface area (Å²) < 4.78 is 0. The zero-order chi connectivity index (χ0) is 7.14. The molecule has 2 saturated carbocycles. The van der Waals surface area contributed by atoms with E-state index < -0.39 is 0 Å². The first-order valence-corrected chi connectivity index (χ1v) is 4.77. The molecule has 2 bridgehead atoms. The fourth-order valence-corrected chi connectivity index (χ4v) is 3.13. The lowest BCUT2D eigenvalue weighted by Crippen LogP contribution is -2.22. The lowest BCUT2D eigenvalue weighted by Gasteiger charge is -2.31. The Morgan fingerprint density at radius 1 is 0.900 bits per heavy atom. The molecule has 0 radical (unpaired) electrons. The molecular weight excluding hydrogens is 120 g/mol. The summed E-state index contributed by atoms with van der Waals surface area (Å²) in [5.74, 6) is 4.31. The van der Waals surface area contributed by atoms with Gasteiger partial charge in [-0.1, -0.05) is 13.8 Å². The maximum Gasteiger partial charge on any atom is -0.0383 e. The van der Waals surface area contributed by atoms with E-state index in [4.69, 9.17) is 0 Å². The minimum Gasteiger partial charge on any atom is -0.0625 e. The van der Waals surface area contributed by atoms with E-state index in [1.807, 2.05) is 0 Å². The Bertz CT molecular complexity index is 114. The van der Waals surface area contributed by atoms with Gasteiger partial charge in [0.2, 0.25) is 0 Å². The summed E-state index contributed by atoms with van der Waals surface area (Å²) in [6.45, 7) is 4.89. The Balaban J connectivity index is 2.09. The molecular formula is C10H18. The van der Waals surface area contributed by atoms with E-state index in [0.717, 1.165) is 23.7 Å². The number of rotatable bonds is 0. The lowest BCUT2D eigenvalue weighted by molar-refractivity contribution is 0.194. The average molecular weight is 138 g/mol. The largest absolute Gasteiger partial charge is 0.0625 e. The number of hydrogen-bond donors (Lipinski definition) is 0. The van der Waals surface area contributed by atoms with E-state index in [0.29, 0.717) is 0 Å². The molecule has 0 aromatic carbocycles. The molecule has 2 aliphatic carbocycles. The van der Waals surface area contributed by atoms with E-state index in [1.165, 1.54) is 25.7 Å². The van der Waals surface area contributed by atoms with Crippen molar-refractivity contribution in [2.45, 2.75) is 39.5 Å². The van der Waals surface area contributed by atoms with Crippen LogP contribution in [0.1, 0.15) is 39.5 Å². The molecule has 0 N–H and O–H groups in total. The number of fused-ring (bicyclic) bond motifs is 2. The third kappa shape index (κ3) is 0.889. The molecule has 10 heavy (non-hydrogen) atoms. The molecule has 2 atom stereocenters. The first kappa shape index (κ1) is 6.69. The van der Waals surface area contributed by atoms with Crippen LogP contribution in [0.4, 0.5) is 0 Å². The van der Waals surface area contributed by atoms with Crippen molar-refractivity contribution in [3.8, 4) is 0 Å². The van der Waals surface area contributed by atoms with Crippen molar-refractivity contribution < 1.29 is 0 Å². The molecule has 58 valence electrons. The number of hydrogen-bond acceptors (Lipinski definition) is 0. The summed E-state index contributed by atoms with van der Waals surface area (Å²) in [5, 5.41) is 0. The fourth-order valence-electron chi connectivity index (χ4n) is 3.13. The summed E-state index contributed by atoms with van der Waals surface area (Å²) in [7, 11) is 0. The van der Waals surface area contributed by atoms with Gasteiger partial charge in [-0.15, -0.1) is 0 Å². The van der Waals surface area contributed by atoms with Gasteiger partial charge in [-0.2, -0.15) is 0 Å². The molecule has 0 nitrogen and oxygen atoms in total. The third-order valence-electron chi connectivity index (χ3n) is 3.81. The maximum atomic E-state index is 2.47. The first-order valence-electron chi connectivity index (χ1n) is 4.77. The standard InChI is InChI=1S/C10H18/c1-7-5-9-3-4-10(6-7)8(9)2/h7-10H,3-6H2,1-2H3. The van der Waals surface area contributed by atoms with Crippen LogP contribution in [0.5, 0.6) is 0 Å². The van der Waals surface area contributed by atoms with Crippen LogP contribution in [0.25, 0.3) is 0 Å². The molecule has 0 heteroatoms. The van der Waals surface area contributed by atoms with Crippen LogP contribution in [0, 0.1) is 23.7 Å². The zero-order valence-corrected chi connectivity index (χ0v) is 7.14. The van der Waals surface area contributed by atoms with Crippen LogP contribution in [0.15, 0.2) is 0 Å². The van der Waals surface area contributed by atoms with Gasteiger partial charge in [-0.05, 0) is 49.4 Å². The van der Waals surface area contributed by atoms with E-state index in [1.54, 1.807) is 0 Å². The Labute approximate surface area is 64.0 Å². The summed E-state index contributed by atoms with van der Waals surface area (Å²) >= 11 is 0. The van der Waals surface area contributed by atoms with Crippen LogP contribution >= 0.6 is 0 Å². The SMILES string of the molecule is CC1CC2CCC(C1)C2C. The minimum absolute atomic E-state index is 1.04.